The Morgan fingerprint density at radius 1 is 1.29 bits per heavy atom. The molecule has 0 aliphatic heterocycles. The molecule has 0 heterocycles. The van der Waals surface area contributed by atoms with Crippen molar-refractivity contribution in [3.8, 4) is 0 Å². The van der Waals surface area contributed by atoms with Crippen LogP contribution in [0.25, 0.3) is 0 Å². The molecule has 0 amide bonds. The van der Waals surface area contributed by atoms with E-state index in [1.54, 1.807) is 0 Å². The highest BCUT2D eigenvalue weighted by Gasteiger charge is 2.29. The summed E-state index contributed by atoms with van der Waals surface area (Å²) in [6.45, 7) is 10.3. The van der Waals surface area contributed by atoms with E-state index < -0.39 is 0 Å². The standard InChI is InChI=1S/C19H32N2/c1-5-12-19(3,14-20-18-10-11-18)15-21(4)13-17-9-7-6-8-16(17)2/h6-9,18,20H,5,10-15H2,1-4H3. The topological polar surface area (TPSA) is 15.3 Å². The molecule has 1 aliphatic rings. The van der Waals surface area contributed by atoms with Crippen LogP contribution in [-0.4, -0.2) is 31.1 Å². The Morgan fingerprint density at radius 3 is 2.62 bits per heavy atom. The highest BCUT2D eigenvalue weighted by atomic mass is 15.1. The number of hydrogen-bond acceptors (Lipinski definition) is 2. The van der Waals surface area contributed by atoms with Gasteiger partial charge in [0.2, 0.25) is 0 Å². The van der Waals surface area contributed by atoms with Gasteiger partial charge in [-0.25, -0.2) is 0 Å². The molecule has 0 spiro atoms. The van der Waals surface area contributed by atoms with Crippen LogP contribution in [0.4, 0.5) is 0 Å². The lowest BCUT2D eigenvalue weighted by atomic mass is 9.84. The Kier molecular flexibility index (Phi) is 5.83. The maximum atomic E-state index is 3.74. The van der Waals surface area contributed by atoms with E-state index in [2.05, 4.69) is 62.3 Å². The van der Waals surface area contributed by atoms with Crippen LogP contribution in [-0.2, 0) is 6.54 Å². The van der Waals surface area contributed by atoms with Gasteiger partial charge in [-0.1, -0.05) is 44.5 Å². The molecule has 1 aromatic rings. The Hall–Kier alpha value is -0.860. The third-order valence-electron chi connectivity index (χ3n) is 4.60. The first-order valence-corrected chi connectivity index (χ1v) is 8.49. The van der Waals surface area contributed by atoms with Crippen LogP contribution >= 0.6 is 0 Å². The SMILES string of the molecule is CCCC(C)(CNC1CC1)CN(C)Cc1ccccc1C. The van der Waals surface area contributed by atoms with Crippen LogP contribution in [0.2, 0.25) is 0 Å². The van der Waals surface area contributed by atoms with E-state index in [-0.39, 0.29) is 0 Å². The molecular formula is C19H32N2. The van der Waals surface area contributed by atoms with Crippen LogP contribution < -0.4 is 5.32 Å². The van der Waals surface area contributed by atoms with Crippen LogP contribution in [0.15, 0.2) is 24.3 Å². The Balaban J connectivity index is 1.90. The molecule has 0 bridgehead atoms. The number of nitrogens with one attached hydrogen (secondary N) is 1. The monoisotopic (exact) mass is 288 g/mol. The highest BCUT2D eigenvalue weighted by molar-refractivity contribution is 5.25. The maximum absolute atomic E-state index is 3.74. The van der Waals surface area contributed by atoms with E-state index in [9.17, 15) is 0 Å². The summed E-state index contributed by atoms with van der Waals surface area (Å²) in [6.07, 6.45) is 5.31. The molecule has 2 heteroatoms. The van der Waals surface area contributed by atoms with Crippen LogP contribution in [0.3, 0.4) is 0 Å². The number of benzene rings is 1. The summed E-state index contributed by atoms with van der Waals surface area (Å²) < 4.78 is 0. The molecule has 1 fully saturated rings. The molecule has 1 saturated carbocycles. The average molecular weight is 288 g/mol. The summed E-state index contributed by atoms with van der Waals surface area (Å²) in [6, 6.07) is 9.55. The number of rotatable bonds is 9. The highest BCUT2D eigenvalue weighted by Crippen LogP contribution is 2.27. The van der Waals surface area contributed by atoms with E-state index in [0.29, 0.717) is 5.41 Å². The summed E-state index contributed by atoms with van der Waals surface area (Å²) in [5, 5.41) is 3.74. The molecule has 1 atom stereocenters. The van der Waals surface area contributed by atoms with Crippen molar-refractivity contribution in [3.63, 3.8) is 0 Å². The van der Waals surface area contributed by atoms with Gasteiger partial charge in [0.05, 0.1) is 0 Å². The van der Waals surface area contributed by atoms with Gasteiger partial charge < -0.3 is 10.2 Å². The van der Waals surface area contributed by atoms with Crippen LogP contribution in [0.5, 0.6) is 0 Å². The third-order valence-corrected chi connectivity index (χ3v) is 4.60. The van der Waals surface area contributed by atoms with Gasteiger partial charge in [0.15, 0.2) is 0 Å². The van der Waals surface area contributed by atoms with Gasteiger partial charge in [-0.3, -0.25) is 0 Å². The first kappa shape index (κ1) is 16.5. The quantitative estimate of drug-likeness (QED) is 0.739. The minimum atomic E-state index is 0.384. The predicted octanol–water partition coefficient (Wildman–Crippen LogP) is 3.99. The molecule has 1 unspecified atom stereocenters. The zero-order chi connectivity index (χ0) is 15.3. The maximum Gasteiger partial charge on any atom is 0.0233 e. The summed E-state index contributed by atoms with van der Waals surface area (Å²) >= 11 is 0. The lowest BCUT2D eigenvalue weighted by Crippen LogP contribution is -2.41. The minimum absolute atomic E-state index is 0.384. The van der Waals surface area contributed by atoms with E-state index in [0.717, 1.165) is 25.7 Å². The average Bonchev–Trinajstić information content (AvgIpc) is 3.23. The zero-order valence-corrected chi connectivity index (χ0v) is 14.3. The van der Waals surface area contributed by atoms with E-state index in [1.807, 2.05) is 0 Å². The Labute approximate surface area is 130 Å². The van der Waals surface area contributed by atoms with Crippen molar-refractivity contribution in [2.24, 2.45) is 5.41 Å². The molecular weight excluding hydrogens is 256 g/mol. The summed E-state index contributed by atoms with van der Waals surface area (Å²) in [5.74, 6) is 0. The molecule has 2 nitrogen and oxygen atoms in total. The lowest BCUT2D eigenvalue weighted by molar-refractivity contribution is 0.167. The normalized spacial score (nSPS) is 18.0. The molecule has 118 valence electrons. The van der Waals surface area contributed by atoms with Gasteiger partial charge in [-0.05, 0) is 49.8 Å². The van der Waals surface area contributed by atoms with E-state index >= 15 is 0 Å². The summed E-state index contributed by atoms with van der Waals surface area (Å²) in [5.41, 5.74) is 3.24. The molecule has 21 heavy (non-hydrogen) atoms. The largest absolute Gasteiger partial charge is 0.313 e. The van der Waals surface area contributed by atoms with Crippen molar-refractivity contribution in [1.29, 1.82) is 0 Å². The zero-order valence-electron chi connectivity index (χ0n) is 14.3. The van der Waals surface area contributed by atoms with Crippen LogP contribution in [0.1, 0.15) is 50.7 Å². The smallest absolute Gasteiger partial charge is 0.0233 e. The van der Waals surface area contributed by atoms with E-state index in [4.69, 9.17) is 0 Å². The summed E-state index contributed by atoms with van der Waals surface area (Å²) in [7, 11) is 2.26. The van der Waals surface area contributed by atoms with Crippen molar-refractivity contribution in [2.45, 2.75) is 59.0 Å². The number of aryl methyl sites for hydroxylation is 1. The molecule has 1 aliphatic carbocycles. The van der Waals surface area contributed by atoms with E-state index in [1.165, 1.54) is 36.8 Å². The Bertz CT molecular complexity index is 439. The molecule has 2 rings (SSSR count). The van der Waals surface area contributed by atoms with Crippen LogP contribution in [0, 0.1) is 12.3 Å². The Morgan fingerprint density at radius 2 is 2.00 bits per heavy atom. The third kappa shape index (κ3) is 5.44. The molecule has 0 radical (unpaired) electrons. The molecule has 1 N–H and O–H groups in total. The second-order valence-corrected chi connectivity index (χ2v) is 7.31. The fourth-order valence-electron chi connectivity index (χ4n) is 3.29. The van der Waals surface area contributed by atoms with Gasteiger partial charge in [-0.2, -0.15) is 0 Å². The lowest BCUT2D eigenvalue weighted by Gasteiger charge is -2.34. The molecule has 0 saturated heterocycles. The van der Waals surface area contributed by atoms with Crippen molar-refractivity contribution >= 4 is 0 Å². The van der Waals surface area contributed by atoms with Crippen molar-refractivity contribution in [1.82, 2.24) is 10.2 Å². The van der Waals surface area contributed by atoms with Gasteiger partial charge in [0.25, 0.3) is 0 Å². The fourth-order valence-corrected chi connectivity index (χ4v) is 3.29. The summed E-state index contributed by atoms with van der Waals surface area (Å²) in [4.78, 5) is 2.49. The second kappa shape index (κ2) is 7.42. The fraction of sp³-hybridized carbons (Fsp3) is 0.684. The second-order valence-electron chi connectivity index (χ2n) is 7.31. The first-order valence-electron chi connectivity index (χ1n) is 8.49. The van der Waals surface area contributed by atoms with Gasteiger partial charge in [-0.15, -0.1) is 0 Å². The number of hydrogen-bond donors (Lipinski definition) is 1. The van der Waals surface area contributed by atoms with Crippen molar-refractivity contribution < 1.29 is 0 Å². The number of nitrogens with zero attached hydrogens (tertiary/aromatic N) is 1. The first-order chi connectivity index (χ1) is 10.0. The van der Waals surface area contributed by atoms with Gasteiger partial charge in [0, 0.05) is 25.7 Å². The van der Waals surface area contributed by atoms with Crippen molar-refractivity contribution in [3.05, 3.63) is 35.4 Å². The van der Waals surface area contributed by atoms with Gasteiger partial charge >= 0.3 is 0 Å². The molecule has 0 aromatic heterocycles. The van der Waals surface area contributed by atoms with Crippen molar-refractivity contribution in [2.75, 3.05) is 20.1 Å². The predicted molar refractivity (Wildman–Crippen MR) is 91.6 cm³/mol. The van der Waals surface area contributed by atoms with Gasteiger partial charge in [0.1, 0.15) is 0 Å². The minimum Gasteiger partial charge on any atom is -0.313 e. The molecule has 1 aromatic carbocycles.